The van der Waals surface area contributed by atoms with E-state index in [1.807, 2.05) is 0 Å². The van der Waals surface area contributed by atoms with Gasteiger partial charge in [0.15, 0.2) is 5.82 Å². The number of hydrogen-bond acceptors (Lipinski definition) is 7. The maximum absolute atomic E-state index is 14.0. The van der Waals surface area contributed by atoms with Crippen molar-refractivity contribution in [3.63, 3.8) is 0 Å². The van der Waals surface area contributed by atoms with Crippen LogP contribution in [0.3, 0.4) is 0 Å². The van der Waals surface area contributed by atoms with Gasteiger partial charge in [0.2, 0.25) is 5.91 Å². The second-order valence-corrected chi connectivity index (χ2v) is 8.59. The first-order valence-electron chi connectivity index (χ1n) is 11.1. The topological polar surface area (TPSA) is 150 Å². The van der Waals surface area contributed by atoms with E-state index in [4.69, 9.17) is 32.9 Å². The molecule has 1 atom stereocenters. The molecular weight excluding hydrogens is 491 g/mol. The molecule has 4 rings (SSSR count). The fourth-order valence-electron chi connectivity index (χ4n) is 4.05. The van der Waals surface area contributed by atoms with Crippen LogP contribution < -0.4 is 16.2 Å². The number of amides is 2. The van der Waals surface area contributed by atoms with Gasteiger partial charge in [-0.3, -0.25) is 9.59 Å². The summed E-state index contributed by atoms with van der Waals surface area (Å²) in [5.41, 5.74) is 12.8. The summed E-state index contributed by atoms with van der Waals surface area (Å²) < 4.78 is 21.0. The van der Waals surface area contributed by atoms with Crippen molar-refractivity contribution in [2.75, 3.05) is 25.4 Å². The van der Waals surface area contributed by atoms with Gasteiger partial charge in [-0.2, -0.15) is 5.10 Å². The van der Waals surface area contributed by atoms with Crippen molar-refractivity contribution >= 4 is 29.2 Å². The summed E-state index contributed by atoms with van der Waals surface area (Å²) in [6.45, 7) is 0.673. The first-order chi connectivity index (χ1) is 17.3. The molecule has 2 aromatic heterocycles. The molecule has 188 valence electrons. The number of anilines is 1. The number of hydrogen-bond donors (Lipinski definition) is 3. The van der Waals surface area contributed by atoms with E-state index in [2.05, 4.69) is 10.1 Å². The number of carbonyl (C=O) groups is 2. The van der Waals surface area contributed by atoms with Crippen molar-refractivity contribution in [2.45, 2.75) is 18.9 Å². The lowest BCUT2D eigenvalue weighted by Crippen LogP contribution is -2.40. The van der Waals surface area contributed by atoms with Crippen LogP contribution in [0, 0.1) is 5.82 Å². The first-order valence-corrected chi connectivity index (χ1v) is 11.5. The highest BCUT2D eigenvalue weighted by Crippen LogP contribution is 2.33. The van der Waals surface area contributed by atoms with Crippen molar-refractivity contribution in [1.29, 1.82) is 0 Å². The number of nitrogens with two attached hydrogens (primary N) is 2. The number of pyridine rings is 1. The molecule has 0 saturated carbocycles. The monoisotopic (exact) mass is 514 g/mol. The van der Waals surface area contributed by atoms with E-state index >= 15 is 0 Å². The van der Waals surface area contributed by atoms with Crippen molar-refractivity contribution in [3.05, 3.63) is 65.1 Å². The lowest BCUT2D eigenvalue weighted by Gasteiger charge is -2.32. The molecule has 36 heavy (non-hydrogen) atoms. The van der Waals surface area contributed by atoms with Gasteiger partial charge in [0.25, 0.3) is 11.8 Å². The predicted octanol–water partition coefficient (Wildman–Crippen LogP) is 2.92. The predicted molar refractivity (Wildman–Crippen MR) is 131 cm³/mol. The Morgan fingerprint density at radius 3 is 2.72 bits per heavy atom. The maximum Gasteiger partial charge on any atom is 0.255 e. The summed E-state index contributed by atoms with van der Waals surface area (Å²) in [6, 6.07) is 7.24. The largest absolute Gasteiger partial charge is 0.436 e. The third-order valence-electron chi connectivity index (χ3n) is 5.73. The Kier molecular flexibility index (Phi) is 7.51. The quantitative estimate of drug-likeness (QED) is 0.410. The summed E-state index contributed by atoms with van der Waals surface area (Å²) in [5.74, 6) is -1.49. The number of aliphatic hydroxyl groups excluding tert-OH is 1. The SMILES string of the molecule is NC(=O)c1c(-c2ccc(Oc3ncc(Cl)cc3F)cc2)nn(C2CCCN(C(=O)C=CCO)C2)c1N. The van der Waals surface area contributed by atoms with Crippen LogP contribution in [0.1, 0.15) is 29.2 Å². The van der Waals surface area contributed by atoms with E-state index in [1.54, 1.807) is 29.2 Å². The number of aromatic nitrogens is 3. The van der Waals surface area contributed by atoms with Crippen LogP contribution in [0.25, 0.3) is 11.3 Å². The molecule has 12 heteroatoms. The lowest BCUT2D eigenvalue weighted by atomic mass is 10.1. The number of carbonyl (C=O) groups excluding carboxylic acids is 2. The smallest absolute Gasteiger partial charge is 0.255 e. The molecular formula is C24H24ClFN6O4. The Bertz CT molecular complexity index is 1310. The minimum absolute atomic E-state index is 0.0673. The highest BCUT2D eigenvalue weighted by atomic mass is 35.5. The number of nitrogens with zero attached hydrogens (tertiary/aromatic N) is 4. The molecule has 1 saturated heterocycles. The normalized spacial score (nSPS) is 15.9. The van der Waals surface area contributed by atoms with Crippen molar-refractivity contribution in [1.82, 2.24) is 19.7 Å². The number of primary amides is 1. The second kappa shape index (κ2) is 10.8. The molecule has 1 fully saturated rings. The second-order valence-electron chi connectivity index (χ2n) is 8.15. The van der Waals surface area contributed by atoms with Gasteiger partial charge < -0.3 is 26.2 Å². The average molecular weight is 515 g/mol. The van der Waals surface area contributed by atoms with Crippen LogP contribution in [0.4, 0.5) is 10.2 Å². The number of benzene rings is 1. The summed E-state index contributed by atoms with van der Waals surface area (Å²) in [7, 11) is 0. The van der Waals surface area contributed by atoms with E-state index in [0.29, 0.717) is 37.2 Å². The number of aliphatic hydroxyl groups is 1. The Morgan fingerprint density at radius 1 is 1.31 bits per heavy atom. The molecule has 2 amide bonds. The van der Waals surface area contributed by atoms with Crippen LogP contribution >= 0.6 is 11.6 Å². The van der Waals surface area contributed by atoms with Gasteiger partial charge in [0.05, 0.1) is 17.7 Å². The van der Waals surface area contributed by atoms with E-state index in [1.165, 1.54) is 23.0 Å². The molecule has 1 aliphatic rings. The molecule has 10 nitrogen and oxygen atoms in total. The maximum atomic E-state index is 14.0. The van der Waals surface area contributed by atoms with Crippen molar-refractivity contribution in [2.24, 2.45) is 5.73 Å². The molecule has 1 aromatic carbocycles. The van der Waals surface area contributed by atoms with Crippen LogP contribution in [0.15, 0.2) is 48.7 Å². The summed E-state index contributed by atoms with van der Waals surface area (Å²) in [4.78, 5) is 30.1. The van der Waals surface area contributed by atoms with Gasteiger partial charge in [0, 0.05) is 30.9 Å². The molecule has 1 unspecified atom stereocenters. The van der Waals surface area contributed by atoms with Crippen LogP contribution in [0.5, 0.6) is 11.6 Å². The zero-order valence-electron chi connectivity index (χ0n) is 19.1. The number of ether oxygens (including phenoxy) is 1. The zero-order valence-corrected chi connectivity index (χ0v) is 19.9. The Labute approximate surface area is 210 Å². The minimum atomic E-state index is -0.740. The summed E-state index contributed by atoms with van der Waals surface area (Å²) in [6.07, 6.45) is 5.38. The van der Waals surface area contributed by atoms with Crippen LogP contribution in [-0.2, 0) is 4.79 Å². The molecule has 3 aromatic rings. The van der Waals surface area contributed by atoms with E-state index < -0.39 is 11.7 Å². The standard InChI is InChI=1S/C24H24ClFN6O4/c25-15-11-18(26)24(29-12-15)36-17-7-5-14(6-8-17)21-20(23(28)35)22(27)32(30-21)16-3-1-9-31(13-16)19(34)4-2-10-33/h2,4-8,11-12,16,33H,1,3,9-10,13,27H2,(H2,28,35). The van der Waals surface area contributed by atoms with E-state index in [0.717, 1.165) is 6.07 Å². The van der Waals surface area contributed by atoms with Gasteiger partial charge in [-0.25, -0.2) is 14.1 Å². The molecule has 0 spiro atoms. The molecule has 0 radical (unpaired) electrons. The Balaban J connectivity index is 1.60. The fraction of sp³-hybridized carbons (Fsp3) is 0.250. The van der Waals surface area contributed by atoms with Gasteiger partial charge in [-0.05, 0) is 43.2 Å². The first kappa shape index (κ1) is 25.1. The van der Waals surface area contributed by atoms with Gasteiger partial charge in [-0.1, -0.05) is 17.7 Å². The van der Waals surface area contributed by atoms with Gasteiger partial charge >= 0.3 is 0 Å². The molecule has 1 aliphatic heterocycles. The number of likely N-dealkylation sites (tertiary alicyclic amines) is 1. The average Bonchev–Trinajstić information content (AvgIpc) is 3.22. The number of rotatable bonds is 7. The van der Waals surface area contributed by atoms with Crippen molar-refractivity contribution in [3.8, 4) is 22.9 Å². The number of piperidine rings is 1. The number of nitrogen functional groups attached to an aromatic ring is 1. The molecule has 0 bridgehead atoms. The Hall–Kier alpha value is -3.96. The highest BCUT2D eigenvalue weighted by molar-refractivity contribution is 6.30. The third-order valence-corrected chi connectivity index (χ3v) is 5.94. The van der Waals surface area contributed by atoms with Crippen LogP contribution in [0.2, 0.25) is 5.02 Å². The number of halogens is 2. The van der Waals surface area contributed by atoms with Crippen molar-refractivity contribution < 1.29 is 23.8 Å². The van der Waals surface area contributed by atoms with Crippen LogP contribution in [-0.4, -0.2) is 56.3 Å². The summed E-state index contributed by atoms with van der Waals surface area (Å²) in [5, 5.41) is 13.7. The minimum Gasteiger partial charge on any atom is -0.436 e. The highest BCUT2D eigenvalue weighted by Gasteiger charge is 2.29. The molecule has 3 heterocycles. The fourth-order valence-corrected chi connectivity index (χ4v) is 4.20. The van der Waals surface area contributed by atoms with Gasteiger partial charge in [-0.15, -0.1) is 0 Å². The zero-order chi connectivity index (χ0) is 25.8. The summed E-state index contributed by atoms with van der Waals surface area (Å²) >= 11 is 5.72. The third kappa shape index (κ3) is 5.31. The van der Waals surface area contributed by atoms with E-state index in [-0.39, 0.29) is 46.5 Å². The Morgan fingerprint density at radius 2 is 2.06 bits per heavy atom. The molecule has 5 N–H and O–H groups in total. The molecule has 0 aliphatic carbocycles. The van der Waals surface area contributed by atoms with Gasteiger partial charge in [0.1, 0.15) is 22.8 Å². The lowest BCUT2D eigenvalue weighted by molar-refractivity contribution is -0.127. The van der Waals surface area contributed by atoms with E-state index in [9.17, 15) is 14.0 Å².